The van der Waals surface area contributed by atoms with E-state index in [-0.39, 0.29) is 24.3 Å². The van der Waals surface area contributed by atoms with E-state index in [0.29, 0.717) is 10.9 Å². The van der Waals surface area contributed by atoms with Crippen LogP contribution in [0.15, 0.2) is 29.6 Å². The zero-order chi connectivity index (χ0) is 15.2. The lowest BCUT2D eigenvalue weighted by molar-refractivity contribution is -0.122. The van der Waals surface area contributed by atoms with Crippen molar-refractivity contribution in [3.8, 4) is 0 Å². The molecule has 112 valence electrons. The largest absolute Gasteiger partial charge is 0.351 e. The molecule has 2 aromatic rings. The molecule has 0 bridgehead atoms. The van der Waals surface area contributed by atoms with E-state index < -0.39 is 0 Å². The molecule has 7 heteroatoms. The molecule has 2 amide bonds. The minimum absolute atomic E-state index is 0.105. The Labute approximate surface area is 136 Å². The van der Waals surface area contributed by atoms with Gasteiger partial charge in [-0.15, -0.1) is 22.7 Å². The van der Waals surface area contributed by atoms with Crippen LogP contribution in [-0.2, 0) is 16.1 Å². The first-order valence-corrected chi connectivity index (χ1v) is 8.43. The van der Waals surface area contributed by atoms with E-state index in [2.05, 4.69) is 10.6 Å². The Morgan fingerprint density at radius 1 is 1.33 bits per heavy atom. The SMILES string of the molecule is CC(=O)NC(CC(=O)NCc1ccc(Cl)s1)c1cccs1. The van der Waals surface area contributed by atoms with Gasteiger partial charge in [-0.3, -0.25) is 9.59 Å². The molecule has 0 saturated heterocycles. The highest BCUT2D eigenvalue weighted by atomic mass is 35.5. The number of hydrogen-bond donors (Lipinski definition) is 2. The van der Waals surface area contributed by atoms with Gasteiger partial charge in [0.2, 0.25) is 11.8 Å². The van der Waals surface area contributed by atoms with Gasteiger partial charge in [0, 0.05) is 16.7 Å². The lowest BCUT2D eigenvalue weighted by Crippen LogP contribution is -2.31. The molecule has 21 heavy (non-hydrogen) atoms. The third-order valence-electron chi connectivity index (χ3n) is 2.74. The van der Waals surface area contributed by atoms with E-state index in [1.165, 1.54) is 29.6 Å². The fourth-order valence-electron chi connectivity index (χ4n) is 1.85. The van der Waals surface area contributed by atoms with E-state index in [1.54, 1.807) is 6.07 Å². The van der Waals surface area contributed by atoms with Crippen molar-refractivity contribution in [1.82, 2.24) is 10.6 Å². The van der Waals surface area contributed by atoms with Crippen molar-refractivity contribution in [2.24, 2.45) is 0 Å². The Kier molecular flexibility index (Phi) is 5.78. The van der Waals surface area contributed by atoms with Crippen molar-refractivity contribution in [3.05, 3.63) is 43.7 Å². The number of nitrogens with one attached hydrogen (secondary N) is 2. The summed E-state index contributed by atoms with van der Waals surface area (Å²) >= 11 is 8.81. The maximum atomic E-state index is 12.0. The fraction of sp³-hybridized carbons (Fsp3) is 0.286. The predicted molar refractivity (Wildman–Crippen MR) is 86.7 cm³/mol. The summed E-state index contributed by atoms with van der Waals surface area (Å²) in [5, 5.41) is 7.58. The van der Waals surface area contributed by atoms with Crippen molar-refractivity contribution in [2.45, 2.75) is 25.9 Å². The molecule has 0 aliphatic heterocycles. The van der Waals surface area contributed by atoms with Gasteiger partial charge < -0.3 is 10.6 Å². The third kappa shape index (κ3) is 5.15. The second-order valence-electron chi connectivity index (χ2n) is 4.46. The van der Waals surface area contributed by atoms with Gasteiger partial charge in [-0.25, -0.2) is 0 Å². The van der Waals surface area contributed by atoms with Crippen LogP contribution in [0, 0.1) is 0 Å². The molecule has 0 radical (unpaired) electrons. The number of thiophene rings is 2. The Morgan fingerprint density at radius 3 is 2.71 bits per heavy atom. The van der Waals surface area contributed by atoms with Gasteiger partial charge in [0.15, 0.2) is 0 Å². The third-order valence-corrected chi connectivity index (χ3v) is 4.96. The molecule has 0 aliphatic carbocycles. The zero-order valence-electron chi connectivity index (χ0n) is 11.4. The maximum Gasteiger partial charge on any atom is 0.222 e. The minimum atomic E-state index is -0.283. The number of carbonyl (C=O) groups is 2. The molecular formula is C14H15ClN2O2S2. The first kappa shape index (κ1) is 16.0. The van der Waals surface area contributed by atoms with E-state index in [4.69, 9.17) is 11.6 Å². The molecule has 2 aromatic heterocycles. The van der Waals surface area contributed by atoms with Crippen LogP contribution >= 0.6 is 34.3 Å². The average Bonchev–Trinajstić information content (AvgIpc) is 3.06. The van der Waals surface area contributed by atoms with Crippen LogP contribution in [0.25, 0.3) is 0 Å². The van der Waals surface area contributed by atoms with Crippen molar-refractivity contribution in [2.75, 3.05) is 0 Å². The molecule has 1 unspecified atom stereocenters. The van der Waals surface area contributed by atoms with E-state index in [1.807, 2.05) is 23.6 Å². The lowest BCUT2D eigenvalue weighted by atomic mass is 10.1. The minimum Gasteiger partial charge on any atom is -0.351 e. The summed E-state index contributed by atoms with van der Waals surface area (Å²) in [6.45, 7) is 1.90. The average molecular weight is 343 g/mol. The topological polar surface area (TPSA) is 58.2 Å². The molecule has 0 spiro atoms. The van der Waals surface area contributed by atoms with Crippen LogP contribution in [0.3, 0.4) is 0 Å². The lowest BCUT2D eigenvalue weighted by Gasteiger charge is -2.16. The summed E-state index contributed by atoms with van der Waals surface area (Å²) in [4.78, 5) is 25.3. The zero-order valence-corrected chi connectivity index (χ0v) is 13.8. The van der Waals surface area contributed by atoms with Crippen LogP contribution in [0.4, 0.5) is 0 Å². The summed E-state index contributed by atoms with van der Waals surface area (Å²) in [6, 6.07) is 7.23. The monoisotopic (exact) mass is 342 g/mol. The van der Waals surface area contributed by atoms with Gasteiger partial charge in [0.25, 0.3) is 0 Å². The molecule has 0 saturated carbocycles. The van der Waals surface area contributed by atoms with Gasteiger partial charge in [-0.05, 0) is 23.6 Å². The van der Waals surface area contributed by atoms with E-state index >= 15 is 0 Å². The quantitative estimate of drug-likeness (QED) is 0.845. The van der Waals surface area contributed by atoms with Crippen molar-refractivity contribution in [3.63, 3.8) is 0 Å². The highest BCUT2D eigenvalue weighted by molar-refractivity contribution is 7.16. The van der Waals surface area contributed by atoms with Gasteiger partial charge in [0.05, 0.1) is 23.3 Å². The van der Waals surface area contributed by atoms with Crippen molar-refractivity contribution in [1.29, 1.82) is 0 Å². The number of rotatable bonds is 6. The Bertz CT molecular complexity index is 610. The molecule has 0 aliphatic rings. The number of amides is 2. The molecule has 0 aromatic carbocycles. The van der Waals surface area contributed by atoms with Gasteiger partial charge in [0.1, 0.15) is 0 Å². The molecule has 0 fully saturated rings. The fourth-order valence-corrected chi connectivity index (χ4v) is 3.65. The highest BCUT2D eigenvalue weighted by Crippen LogP contribution is 2.23. The highest BCUT2D eigenvalue weighted by Gasteiger charge is 2.17. The Hall–Kier alpha value is -1.37. The molecule has 2 heterocycles. The van der Waals surface area contributed by atoms with Crippen LogP contribution in [-0.4, -0.2) is 11.8 Å². The standard InChI is InChI=1S/C14H15ClN2O2S2/c1-9(18)17-11(12-3-2-6-20-12)7-14(19)16-8-10-4-5-13(15)21-10/h2-6,11H,7-8H2,1H3,(H,16,19)(H,17,18). The van der Waals surface area contributed by atoms with E-state index in [9.17, 15) is 9.59 Å². The predicted octanol–water partition coefficient (Wildman–Crippen LogP) is 3.35. The molecule has 1 atom stereocenters. The smallest absolute Gasteiger partial charge is 0.222 e. The van der Waals surface area contributed by atoms with E-state index in [0.717, 1.165) is 9.75 Å². The molecule has 4 nitrogen and oxygen atoms in total. The number of carbonyl (C=O) groups excluding carboxylic acids is 2. The van der Waals surface area contributed by atoms with Gasteiger partial charge in [-0.2, -0.15) is 0 Å². The van der Waals surface area contributed by atoms with Crippen molar-refractivity contribution >= 4 is 46.1 Å². The Morgan fingerprint density at radius 2 is 2.14 bits per heavy atom. The first-order chi connectivity index (χ1) is 10.0. The van der Waals surface area contributed by atoms with Crippen LogP contribution < -0.4 is 10.6 Å². The molecule has 2 rings (SSSR count). The van der Waals surface area contributed by atoms with Crippen molar-refractivity contribution < 1.29 is 9.59 Å². The van der Waals surface area contributed by atoms with Gasteiger partial charge >= 0.3 is 0 Å². The second kappa shape index (κ2) is 7.59. The first-order valence-electron chi connectivity index (χ1n) is 6.36. The van der Waals surface area contributed by atoms with Crippen LogP contribution in [0.2, 0.25) is 4.34 Å². The molecular weight excluding hydrogens is 328 g/mol. The van der Waals surface area contributed by atoms with Crippen LogP contribution in [0.5, 0.6) is 0 Å². The van der Waals surface area contributed by atoms with Gasteiger partial charge in [-0.1, -0.05) is 17.7 Å². The summed E-state index contributed by atoms with van der Waals surface area (Å²) in [5.74, 6) is -0.252. The molecule has 2 N–H and O–H groups in total. The Balaban J connectivity index is 1.90. The second-order valence-corrected chi connectivity index (χ2v) is 7.23. The summed E-state index contributed by atoms with van der Waals surface area (Å²) in [6.07, 6.45) is 0.221. The normalized spacial score (nSPS) is 11.9. The summed E-state index contributed by atoms with van der Waals surface area (Å²) < 4.78 is 0.703. The maximum absolute atomic E-state index is 12.0. The number of halogens is 1. The summed E-state index contributed by atoms with van der Waals surface area (Å²) in [5.41, 5.74) is 0. The number of hydrogen-bond acceptors (Lipinski definition) is 4. The van der Waals surface area contributed by atoms with Crippen LogP contribution in [0.1, 0.15) is 29.1 Å². The summed E-state index contributed by atoms with van der Waals surface area (Å²) in [7, 11) is 0.